The van der Waals surface area contributed by atoms with Crippen LogP contribution in [0.4, 0.5) is 0 Å². The summed E-state index contributed by atoms with van der Waals surface area (Å²) in [7, 11) is 2.21. The molecule has 0 atom stereocenters. The highest BCUT2D eigenvalue weighted by Crippen LogP contribution is 2.27. The molecule has 1 heterocycles. The zero-order valence-electron chi connectivity index (χ0n) is 8.98. The molecule has 1 aromatic rings. The first-order valence-electron chi connectivity index (χ1n) is 5.35. The Morgan fingerprint density at radius 3 is 2.46 bits per heavy atom. The molecular formula is C12H19N. The fourth-order valence-corrected chi connectivity index (χ4v) is 2.51. The molecule has 1 nitrogen and oxygen atoms in total. The van der Waals surface area contributed by atoms with Crippen molar-refractivity contribution >= 4 is 0 Å². The van der Waals surface area contributed by atoms with Crippen molar-refractivity contribution in [3.63, 3.8) is 0 Å². The van der Waals surface area contributed by atoms with Crippen molar-refractivity contribution in [2.45, 2.75) is 46.0 Å². The molecule has 0 amide bonds. The lowest BCUT2D eigenvalue weighted by Gasteiger charge is -2.03. The third kappa shape index (κ3) is 1.31. The van der Waals surface area contributed by atoms with E-state index in [1.165, 1.54) is 37.8 Å². The van der Waals surface area contributed by atoms with Crippen LogP contribution in [0.15, 0.2) is 0 Å². The summed E-state index contributed by atoms with van der Waals surface area (Å²) in [6, 6.07) is 0. The summed E-state index contributed by atoms with van der Waals surface area (Å²) in [6.07, 6.45) is 6.78. The molecule has 1 aliphatic carbocycles. The van der Waals surface area contributed by atoms with Gasteiger partial charge in [0.25, 0.3) is 0 Å². The van der Waals surface area contributed by atoms with Gasteiger partial charge in [0.05, 0.1) is 0 Å². The summed E-state index contributed by atoms with van der Waals surface area (Å²) in [4.78, 5) is 0. The van der Waals surface area contributed by atoms with Crippen molar-refractivity contribution in [1.82, 2.24) is 4.57 Å². The monoisotopic (exact) mass is 177 g/mol. The van der Waals surface area contributed by atoms with Gasteiger partial charge < -0.3 is 4.57 Å². The Kier molecular flexibility index (Phi) is 2.19. The topological polar surface area (TPSA) is 4.93 Å². The SMILES string of the molecule is Cc1c2c(n(C)c1C)CCCCC2. The Morgan fingerprint density at radius 1 is 1.00 bits per heavy atom. The fourth-order valence-electron chi connectivity index (χ4n) is 2.51. The van der Waals surface area contributed by atoms with Crippen LogP contribution in [0.3, 0.4) is 0 Å². The second-order valence-corrected chi connectivity index (χ2v) is 4.26. The van der Waals surface area contributed by atoms with E-state index in [4.69, 9.17) is 0 Å². The Hall–Kier alpha value is -0.720. The Bertz CT molecular complexity index is 291. The van der Waals surface area contributed by atoms with Gasteiger partial charge in [-0.1, -0.05) is 6.42 Å². The van der Waals surface area contributed by atoms with Gasteiger partial charge in [0.1, 0.15) is 0 Å². The first-order valence-corrected chi connectivity index (χ1v) is 5.35. The second-order valence-electron chi connectivity index (χ2n) is 4.26. The molecule has 0 spiro atoms. The maximum Gasteiger partial charge on any atom is 0.0209 e. The van der Waals surface area contributed by atoms with Crippen LogP contribution in [0.25, 0.3) is 0 Å². The summed E-state index contributed by atoms with van der Waals surface area (Å²) >= 11 is 0. The molecule has 1 heteroatoms. The largest absolute Gasteiger partial charge is 0.351 e. The molecule has 2 rings (SSSR count). The average Bonchev–Trinajstić information content (AvgIpc) is 2.40. The van der Waals surface area contributed by atoms with E-state index < -0.39 is 0 Å². The molecule has 0 saturated heterocycles. The summed E-state index contributed by atoms with van der Waals surface area (Å²) in [5, 5.41) is 0. The van der Waals surface area contributed by atoms with E-state index in [1.807, 2.05) is 0 Å². The predicted molar refractivity (Wildman–Crippen MR) is 56.1 cm³/mol. The van der Waals surface area contributed by atoms with Crippen LogP contribution in [0.2, 0.25) is 0 Å². The van der Waals surface area contributed by atoms with Gasteiger partial charge in [0.2, 0.25) is 0 Å². The normalized spacial score (nSPS) is 16.8. The van der Waals surface area contributed by atoms with E-state index in [0.29, 0.717) is 0 Å². The van der Waals surface area contributed by atoms with Gasteiger partial charge in [-0.15, -0.1) is 0 Å². The van der Waals surface area contributed by atoms with Crippen molar-refractivity contribution < 1.29 is 0 Å². The van der Waals surface area contributed by atoms with Crippen molar-refractivity contribution in [2.24, 2.45) is 7.05 Å². The molecule has 0 aromatic carbocycles. The number of fused-ring (bicyclic) bond motifs is 1. The van der Waals surface area contributed by atoms with Gasteiger partial charge in [-0.05, 0) is 50.7 Å². The molecule has 13 heavy (non-hydrogen) atoms. The lowest BCUT2D eigenvalue weighted by molar-refractivity contribution is 0.688. The highest BCUT2D eigenvalue weighted by molar-refractivity contribution is 5.37. The minimum Gasteiger partial charge on any atom is -0.351 e. The van der Waals surface area contributed by atoms with Crippen molar-refractivity contribution in [3.8, 4) is 0 Å². The van der Waals surface area contributed by atoms with Gasteiger partial charge in [0.15, 0.2) is 0 Å². The molecule has 0 saturated carbocycles. The van der Waals surface area contributed by atoms with E-state index in [0.717, 1.165) is 0 Å². The lowest BCUT2D eigenvalue weighted by Crippen LogP contribution is -1.98. The minimum absolute atomic E-state index is 1.29. The Labute approximate surface area is 80.8 Å². The van der Waals surface area contributed by atoms with Gasteiger partial charge >= 0.3 is 0 Å². The molecular weight excluding hydrogens is 158 g/mol. The first-order chi connectivity index (χ1) is 6.22. The summed E-state index contributed by atoms with van der Waals surface area (Å²) in [5.41, 5.74) is 6.26. The van der Waals surface area contributed by atoms with Crippen LogP contribution < -0.4 is 0 Å². The van der Waals surface area contributed by atoms with Gasteiger partial charge in [0, 0.05) is 18.4 Å². The minimum atomic E-state index is 1.29. The average molecular weight is 177 g/mol. The molecule has 0 aliphatic heterocycles. The molecule has 1 aliphatic rings. The highest BCUT2D eigenvalue weighted by atomic mass is 15.0. The van der Waals surface area contributed by atoms with Crippen LogP contribution >= 0.6 is 0 Å². The van der Waals surface area contributed by atoms with Crippen molar-refractivity contribution in [2.75, 3.05) is 0 Å². The molecule has 0 fully saturated rings. The number of hydrogen-bond acceptors (Lipinski definition) is 0. The van der Waals surface area contributed by atoms with Gasteiger partial charge in [-0.3, -0.25) is 0 Å². The number of hydrogen-bond donors (Lipinski definition) is 0. The zero-order valence-corrected chi connectivity index (χ0v) is 8.98. The first kappa shape index (κ1) is 8.86. The molecule has 0 bridgehead atoms. The van der Waals surface area contributed by atoms with E-state index in [2.05, 4.69) is 25.5 Å². The van der Waals surface area contributed by atoms with Crippen LogP contribution in [-0.4, -0.2) is 4.57 Å². The number of aromatic nitrogens is 1. The van der Waals surface area contributed by atoms with Crippen LogP contribution in [0.1, 0.15) is 41.8 Å². The second kappa shape index (κ2) is 3.21. The van der Waals surface area contributed by atoms with E-state index in [9.17, 15) is 0 Å². The number of nitrogens with zero attached hydrogens (tertiary/aromatic N) is 1. The van der Waals surface area contributed by atoms with E-state index >= 15 is 0 Å². The van der Waals surface area contributed by atoms with Gasteiger partial charge in [-0.2, -0.15) is 0 Å². The fraction of sp³-hybridized carbons (Fsp3) is 0.667. The molecule has 1 aromatic heterocycles. The third-order valence-electron chi connectivity index (χ3n) is 3.59. The van der Waals surface area contributed by atoms with Crippen molar-refractivity contribution in [3.05, 3.63) is 22.5 Å². The predicted octanol–water partition coefficient (Wildman–Crippen LogP) is 2.91. The molecule has 0 radical (unpaired) electrons. The summed E-state index contributed by atoms with van der Waals surface area (Å²) < 4.78 is 2.40. The molecule has 0 N–H and O–H groups in total. The standard InChI is InChI=1S/C12H19N/c1-9-10(2)13(3)12-8-6-4-5-7-11(9)12/h4-8H2,1-3H3. The van der Waals surface area contributed by atoms with E-state index in [1.54, 1.807) is 16.8 Å². The zero-order chi connectivity index (χ0) is 9.42. The third-order valence-corrected chi connectivity index (χ3v) is 3.59. The van der Waals surface area contributed by atoms with Crippen LogP contribution in [0, 0.1) is 13.8 Å². The Morgan fingerprint density at radius 2 is 1.69 bits per heavy atom. The molecule has 72 valence electrons. The summed E-state index contributed by atoms with van der Waals surface area (Å²) in [5.74, 6) is 0. The lowest BCUT2D eigenvalue weighted by atomic mass is 10.1. The summed E-state index contributed by atoms with van der Waals surface area (Å²) in [6.45, 7) is 4.52. The van der Waals surface area contributed by atoms with Crippen LogP contribution in [-0.2, 0) is 19.9 Å². The number of rotatable bonds is 0. The highest BCUT2D eigenvalue weighted by Gasteiger charge is 2.16. The van der Waals surface area contributed by atoms with Gasteiger partial charge in [-0.25, -0.2) is 0 Å². The quantitative estimate of drug-likeness (QED) is 0.537. The maximum atomic E-state index is 2.40. The van der Waals surface area contributed by atoms with Crippen molar-refractivity contribution in [1.29, 1.82) is 0 Å². The van der Waals surface area contributed by atoms with E-state index in [-0.39, 0.29) is 0 Å². The molecule has 0 unspecified atom stereocenters. The van der Waals surface area contributed by atoms with Crippen LogP contribution in [0.5, 0.6) is 0 Å². The maximum absolute atomic E-state index is 2.40. The Balaban J connectivity index is 2.52. The smallest absolute Gasteiger partial charge is 0.0209 e.